The molecule has 35 heavy (non-hydrogen) atoms. The second-order valence-corrected chi connectivity index (χ2v) is 11.4. The van der Waals surface area contributed by atoms with Crippen molar-refractivity contribution in [2.45, 2.75) is 61.6 Å². The van der Waals surface area contributed by atoms with Gasteiger partial charge in [0, 0.05) is 44.4 Å². The number of thiazole rings is 1. The molecule has 0 amide bonds. The first-order chi connectivity index (χ1) is 16.8. The molecule has 0 bridgehead atoms. The summed E-state index contributed by atoms with van der Waals surface area (Å²) in [7, 11) is 1.71. The van der Waals surface area contributed by atoms with Crippen LogP contribution in [0.3, 0.4) is 0 Å². The van der Waals surface area contributed by atoms with Crippen LogP contribution in [-0.2, 0) is 27.1 Å². The Morgan fingerprint density at radius 1 is 1.31 bits per heavy atom. The van der Waals surface area contributed by atoms with Crippen LogP contribution in [0.15, 0.2) is 46.1 Å². The van der Waals surface area contributed by atoms with Crippen LogP contribution in [0.2, 0.25) is 0 Å². The molecular formula is C25H34N4O4S2. The molecule has 1 N–H and O–H groups in total. The van der Waals surface area contributed by atoms with Crippen LogP contribution in [0.4, 0.5) is 5.95 Å². The summed E-state index contributed by atoms with van der Waals surface area (Å²) in [6.07, 6.45) is 13.2. The fourth-order valence-electron chi connectivity index (χ4n) is 3.28. The summed E-state index contributed by atoms with van der Waals surface area (Å²) in [5.41, 5.74) is 2.04. The summed E-state index contributed by atoms with van der Waals surface area (Å²) in [5.74, 6) is 0.724. The van der Waals surface area contributed by atoms with Crippen molar-refractivity contribution in [2.75, 3.05) is 31.7 Å². The molecule has 1 atom stereocenters. The Balaban J connectivity index is 1.56. The molecule has 2 aromatic rings. The van der Waals surface area contributed by atoms with Crippen molar-refractivity contribution in [3.8, 4) is 0 Å². The highest BCUT2D eigenvalue weighted by molar-refractivity contribution is 8.02. The highest BCUT2D eigenvalue weighted by atomic mass is 32.2. The topological polar surface area (TPSA) is 97.7 Å². The Bertz CT molecular complexity index is 1020. The molecule has 0 spiro atoms. The van der Waals surface area contributed by atoms with E-state index in [0.717, 1.165) is 53.6 Å². The zero-order chi connectivity index (χ0) is 25.3. The number of carboxylic acid groups (broad SMARTS) is 1. The van der Waals surface area contributed by atoms with E-state index in [1.54, 1.807) is 21.0 Å². The molecule has 1 unspecified atom stereocenters. The van der Waals surface area contributed by atoms with E-state index in [0.29, 0.717) is 19.1 Å². The number of anilines is 1. The van der Waals surface area contributed by atoms with E-state index in [9.17, 15) is 9.90 Å². The zero-order valence-corrected chi connectivity index (χ0v) is 22.4. The van der Waals surface area contributed by atoms with Crippen LogP contribution in [0.5, 0.6) is 0 Å². The number of hydrogen-bond acceptors (Lipinski definition) is 9. The highest BCUT2D eigenvalue weighted by Crippen LogP contribution is 2.34. The molecule has 2 heterocycles. The number of carbonyl (C=O) groups is 1. The molecular weight excluding hydrogens is 484 g/mol. The van der Waals surface area contributed by atoms with Gasteiger partial charge in [-0.25, -0.2) is 15.0 Å². The summed E-state index contributed by atoms with van der Waals surface area (Å²) in [5, 5.41) is 11.4. The number of aliphatic carboxylic acids is 1. The fraction of sp³-hybridized carbons (Fsp3) is 0.520. The Morgan fingerprint density at radius 2 is 2.09 bits per heavy atom. The van der Waals surface area contributed by atoms with Crippen LogP contribution < -0.4 is 4.90 Å². The minimum atomic E-state index is -0.913. The van der Waals surface area contributed by atoms with Gasteiger partial charge in [-0.1, -0.05) is 24.8 Å². The maximum Gasteiger partial charge on any atom is 0.319 e. The van der Waals surface area contributed by atoms with E-state index in [1.165, 1.54) is 23.1 Å². The van der Waals surface area contributed by atoms with Gasteiger partial charge in [0.05, 0.1) is 18.4 Å². The number of thioether (sulfide) groups is 1. The first-order valence-corrected chi connectivity index (χ1v) is 13.5. The van der Waals surface area contributed by atoms with Gasteiger partial charge < -0.3 is 19.5 Å². The van der Waals surface area contributed by atoms with Gasteiger partial charge in [0.25, 0.3) is 0 Å². The van der Waals surface area contributed by atoms with Gasteiger partial charge in [-0.05, 0) is 50.8 Å². The van der Waals surface area contributed by atoms with E-state index in [1.807, 2.05) is 29.9 Å². The zero-order valence-electron chi connectivity index (χ0n) is 20.8. The van der Waals surface area contributed by atoms with Crippen LogP contribution in [-0.4, -0.2) is 63.7 Å². The third kappa shape index (κ3) is 8.33. The Kier molecular flexibility index (Phi) is 10.1. The second kappa shape index (κ2) is 13.0. The van der Waals surface area contributed by atoms with E-state index in [-0.39, 0.29) is 6.10 Å². The van der Waals surface area contributed by atoms with Crippen LogP contribution >= 0.6 is 23.1 Å². The minimum absolute atomic E-state index is 0.126. The van der Waals surface area contributed by atoms with Crippen molar-refractivity contribution in [1.82, 2.24) is 15.0 Å². The highest BCUT2D eigenvalue weighted by Gasteiger charge is 2.29. The molecule has 190 valence electrons. The van der Waals surface area contributed by atoms with Crippen molar-refractivity contribution in [3.63, 3.8) is 0 Å². The minimum Gasteiger partial charge on any atom is -0.494 e. The number of aromatic nitrogens is 3. The summed E-state index contributed by atoms with van der Waals surface area (Å²) in [6.45, 7) is 7.52. The van der Waals surface area contributed by atoms with Gasteiger partial charge in [0.2, 0.25) is 5.95 Å². The van der Waals surface area contributed by atoms with E-state index in [2.05, 4.69) is 32.9 Å². The summed E-state index contributed by atoms with van der Waals surface area (Å²) in [4.78, 5) is 27.4. The maximum atomic E-state index is 11.4. The molecule has 0 fully saturated rings. The average Bonchev–Trinajstić information content (AvgIpc) is 3.30. The first-order valence-electron chi connectivity index (χ1n) is 11.8. The molecule has 0 saturated heterocycles. The summed E-state index contributed by atoms with van der Waals surface area (Å²) in [6, 6.07) is 0. The standard InChI is InChI=1S/C25H34N4O4S2/c1-5-18-15-26-23(27-16-18)29(12-6-14-33-21-9-7-20(32-4)8-10-21)13-11-19-17-34-24(28-19)35-25(2,3)22(30)31/h7,9-10,15-17,20H,5-6,8,11-14H2,1-4H3,(H,30,31). The third-order valence-electron chi connectivity index (χ3n) is 5.58. The van der Waals surface area contributed by atoms with Gasteiger partial charge in [0.15, 0.2) is 4.34 Å². The van der Waals surface area contributed by atoms with Gasteiger partial charge in [0.1, 0.15) is 10.5 Å². The van der Waals surface area contributed by atoms with Gasteiger partial charge in [-0.2, -0.15) is 0 Å². The van der Waals surface area contributed by atoms with Crippen molar-refractivity contribution in [2.24, 2.45) is 0 Å². The lowest BCUT2D eigenvalue weighted by atomic mass is 10.1. The van der Waals surface area contributed by atoms with Crippen LogP contribution in [0.25, 0.3) is 0 Å². The van der Waals surface area contributed by atoms with Crippen molar-refractivity contribution in [1.29, 1.82) is 0 Å². The van der Waals surface area contributed by atoms with E-state index in [4.69, 9.17) is 9.47 Å². The molecule has 8 nitrogen and oxygen atoms in total. The molecule has 1 aliphatic carbocycles. The number of hydrogen-bond donors (Lipinski definition) is 1. The molecule has 1 aliphatic rings. The number of methoxy groups -OCH3 is 1. The van der Waals surface area contributed by atoms with Crippen molar-refractivity contribution >= 4 is 35.0 Å². The van der Waals surface area contributed by atoms with E-state index >= 15 is 0 Å². The number of rotatable bonds is 14. The summed E-state index contributed by atoms with van der Waals surface area (Å²) < 4.78 is 11.1. The molecule has 3 rings (SSSR count). The van der Waals surface area contributed by atoms with Crippen molar-refractivity contribution < 1.29 is 19.4 Å². The number of aryl methyl sites for hydroxylation is 1. The predicted molar refractivity (Wildman–Crippen MR) is 140 cm³/mol. The monoisotopic (exact) mass is 518 g/mol. The molecule has 10 heteroatoms. The second-order valence-electron chi connectivity index (χ2n) is 8.68. The quantitative estimate of drug-likeness (QED) is 0.280. The molecule has 0 aromatic carbocycles. The Hall–Kier alpha value is -2.43. The lowest BCUT2D eigenvalue weighted by molar-refractivity contribution is -0.138. The first kappa shape index (κ1) is 27.2. The van der Waals surface area contributed by atoms with Crippen LogP contribution in [0.1, 0.15) is 44.9 Å². The maximum absolute atomic E-state index is 11.4. The van der Waals surface area contributed by atoms with Crippen molar-refractivity contribution in [3.05, 3.63) is 53.0 Å². The molecule has 2 aromatic heterocycles. The lowest BCUT2D eigenvalue weighted by Crippen LogP contribution is -2.29. The normalized spacial score (nSPS) is 15.7. The molecule has 0 aliphatic heterocycles. The van der Waals surface area contributed by atoms with Gasteiger partial charge in [-0.3, -0.25) is 4.79 Å². The van der Waals surface area contributed by atoms with E-state index < -0.39 is 10.7 Å². The van der Waals surface area contributed by atoms with Crippen LogP contribution in [0, 0.1) is 0 Å². The predicted octanol–water partition coefficient (Wildman–Crippen LogP) is 4.77. The molecule has 0 saturated carbocycles. The number of nitrogens with zero attached hydrogens (tertiary/aromatic N) is 4. The SMILES string of the molecule is CCc1cnc(N(CCCOC2=CCC(OC)C=C2)CCc2csc(SC(C)(C)C(=O)O)n2)nc1. The Morgan fingerprint density at radius 3 is 2.71 bits per heavy atom. The number of ether oxygens (including phenoxy) is 2. The largest absolute Gasteiger partial charge is 0.494 e. The lowest BCUT2D eigenvalue weighted by Gasteiger charge is -2.23. The number of carboxylic acids is 1. The van der Waals surface area contributed by atoms with Gasteiger partial charge in [-0.15, -0.1) is 11.3 Å². The Labute approximate surface area is 215 Å². The average molecular weight is 519 g/mol. The number of allylic oxidation sites excluding steroid dienone is 1. The molecule has 0 radical (unpaired) electrons. The summed E-state index contributed by atoms with van der Waals surface area (Å²) >= 11 is 2.76. The fourth-order valence-corrected chi connectivity index (χ4v) is 5.50. The third-order valence-corrected chi connectivity index (χ3v) is 7.75. The smallest absolute Gasteiger partial charge is 0.319 e. The van der Waals surface area contributed by atoms with Gasteiger partial charge >= 0.3 is 5.97 Å².